The van der Waals surface area contributed by atoms with E-state index in [-0.39, 0.29) is 38.1 Å². The van der Waals surface area contributed by atoms with Crippen molar-refractivity contribution in [2.45, 2.75) is 37.5 Å². The summed E-state index contributed by atoms with van der Waals surface area (Å²) in [5.74, 6) is -2.81. The van der Waals surface area contributed by atoms with E-state index in [4.69, 9.17) is 21.1 Å². The summed E-state index contributed by atoms with van der Waals surface area (Å²) in [5.41, 5.74) is -0.656. The first-order valence-electron chi connectivity index (χ1n) is 10.8. The molecule has 0 aromatic heterocycles. The number of β-amino-alcohol motifs (C(OH)–C–C–N with tert-alkyl or cyclic N) is 1. The standard InChI is InChI=1S/C23H27ClN2O6/c1-3-11-25(15-8-6-5-7-14(15)24)21(29)19-23-10-9-16(32-23)17(22(30)31-4-2)18(23)20(28)26(19)12-13-27/h3,5-8,16-19,27H,1,4,9-13H2,2H3/t16-,17+,18+,19?,23?/m1/s1. The molecule has 0 radical (unpaired) electrons. The molecule has 1 aromatic carbocycles. The van der Waals surface area contributed by atoms with Gasteiger partial charge in [0.05, 0.1) is 41.9 Å². The highest BCUT2D eigenvalue weighted by atomic mass is 35.5. The van der Waals surface area contributed by atoms with Crippen LogP contribution in [0, 0.1) is 11.8 Å². The van der Waals surface area contributed by atoms with Gasteiger partial charge in [0.25, 0.3) is 5.91 Å². The summed E-state index contributed by atoms with van der Waals surface area (Å²) >= 11 is 6.38. The van der Waals surface area contributed by atoms with Crippen LogP contribution in [0.15, 0.2) is 36.9 Å². The van der Waals surface area contributed by atoms with Gasteiger partial charge >= 0.3 is 5.97 Å². The largest absolute Gasteiger partial charge is 0.466 e. The Balaban J connectivity index is 1.77. The number of anilines is 1. The molecule has 1 aromatic rings. The molecule has 3 saturated heterocycles. The van der Waals surface area contributed by atoms with Crippen molar-refractivity contribution in [3.8, 4) is 0 Å². The number of para-hydroxylation sites is 1. The van der Waals surface area contributed by atoms with Gasteiger partial charge in [-0.05, 0) is 31.9 Å². The smallest absolute Gasteiger partial charge is 0.312 e. The number of benzene rings is 1. The van der Waals surface area contributed by atoms with Crippen LogP contribution in [0.4, 0.5) is 5.69 Å². The summed E-state index contributed by atoms with van der Waals surface area (Å²) in [6.07, 6.45) is 2.13. The van der Waals surface area contributed by atoms with E-state index in [0.29, 0.717) is 23.6 Å². The van der Waals surface area contributed by atoms with Crippen LogP contribution in [-0.4, -0.2) is 71.8 Å². The van der Waals surface area contributed by atoms with Crippen molar-refractivity contribution < 1.29 is 29.0 Å². The number of carbonyl (C=O) groups is 3. The van der Waals surface area contributed by atoms with Gasteiger partial charge in [-0.1, -0.05) is 29.8 Å². The molecular weight excluding hydrogens is 436 g/mol. The average Bonchev–Trinajstić information content (AvgIpc) is 3.41. The van der Waals surface area contributed by atoms with Crippen LogP contribution in [0.2, 0.25) is 5.02 Å². The topological polar surface area (TPSA) is 96.4 Å². The number of carbonyl (C=O) groups excluding carboxylic acids is 3. The van der Waals surface area contributed by atoms with Gasteiger partial charge in [0.15, 0.2) is 0 Å². The summed E-state index contributed by atoms with van der Waals surface area (Å²) < 4.78 is 11.5. The molecule has 2 bridgehead atoms. The number of likely N-dealkylation sites (tertiary alicyclic amines) is 1. The molecule has 1 spiro atoms. The van der Waals surface area contributed by atoms with E-state index < -0.39 is 35.6 Å². The van der Waals surface area contributed by atoms with Crippen LogP contribution < -0.4 is 4.90 Å². The lowest BCUT2D eigenvalue weighted by molar-refractivity contribution is -0.154. The number of rotatable bonds is 8. The third kappa shape index (κ3) is 3.32. The molecule has 2 unspecified atom stereocenters. The number of amides is 2. The van der Waals surface area contributed by atoms with E-state index in [9.17, 15) is 19.5 Å². The fourth-order valence-electron chi connectivity index (χ4n) is 5.54. The van der Waals surface area contributed by atoms with Gasteiger partial charge in [0.1, 0.15) is 11.6 Å². The van der Waals surface area contributed by atoms with Gasteiger partial charge in [-0.3, -0.25) is 14.4 Å². The number of nitrogens with zero attached hydrogens (tertiary/aromatic N) is 2. The summed E-state index contributed by atoms with van der Waals surface area (Å²) in [7, 11) is 0. The predicted molar refractivity (Wildman–Crippen MR) is 117 cm³/mol. The van der Waals surface area contributed by atoms with E-state index in [2.05, 4.69) is 6.58 Å². The normalized spacial score (nSPS) is 30.3. The molecule has 172 valence electrons. The van der Waals surface area contributed by atoms with Crippen molar-refractivity contribution >= 4 is 35.1 Å². The summed E-state index contributed by atoms with van der Waals surface area (Å²) in [6, 6.07) is 5.94. The van der Waals surface area contributed by atoms with Crippen molar-refractivity contribution in [1.29, 1.82) is 0 Å². The lowest BCUT2D eigenvalue weighted by atomic mass is 9.70. The van der Waals surface area contributed by atoms with E-state index in [1.807, 2.05) is 0 Å². The maximum atomic E-state index is 14.0. The lowest BCUT2D eigenvalue weighted by Crippen LogP contribution is -2.57. The lowest BCUT2D eigenvalue weighted by Gasteiger charge is -2.36. The van der Waals surface area contributed by atoms with E-state index >= 15 is 0 Å². The third-order valence-electron chi connectivity index (χ3n) is 6.65. The van der Waals surface area contributed by atoms with E-state index in [0.717, 1.165) is 0 Å². The van der Waals surface area contributed by atoms with E-state index in [1.54, 1.807) is 37.3 Å². The molecule has 1 N–H and O–H groups in total. The van der Waals surface area contributed by atoms with Crippen molar-refractivity contribution in [3.05, 3.63) is 41.9 Å². The number of esters is 1. The summed E-state index contributed by atoms with van der Waals surface area (Å²) in [4.78, 5) is 43.0. The molecule has 3 aliphatic rings. The fraction of sp³-hybridized carbons (Fsp3) is 0.522. The van der Waals surface area contributed by atoms with Gasteiger partial charge in [-0.2, -0.15) is 0 Å². The first-order valence-corrected chi connectivity index (χ1v) is 11.2. The fourth-order valence-corrected chi connectivity index (χ4v) is 5.78. The molecule has 32 heavy (non-hydrogen) atoms. The third-order valence-corrected chi connectivity index (χ3v) is 6.97. The van der Waals surface area contributed by atoms with Gasteiger partial charge in [-0.15, -0.1) is 6.58 Å². The quantitative estimate of drug-likeness (QED) is 0.467. The molecule has 3 heterocycles. The maximum Gasteiger partial charge on any atom is 0.312 e. The average molecular weight is 463 g/mol. The molecule has 3 fully saturated rings. The van der Waals surface area contributed by atoms with Gasteiger partial charge in [0, 0.05) is 13.1 Å². The van der Waals surface area contributed by atoms with Crippen LogP contribution in [0.5, 0.6) is 0 Å². The van der Waals surface area contributed by atoms with Gasteiger partial charge in [0.2, 0.25) is 5.91 Å². The Hall–Kier alpha value is -2.42. The Bertz CT molecular complexity index is 939. The molecule has 8 nitrogen and oxygen atoms in total. The first kappa shape index (κ1) is 22.8. The molecule has 3 aliphatic heterocycles. The van der Waals surface area contributed by atoms with Crippen molar-refractivity contribution in [1.82, 2.24) is 4.90 Å². The van der Waals surface area contributed by atoms with Crippen molar-refractivity contribution in [2.75, 3.05) is 31.2 Å². The second-order valence-corrected chi connectivity index (χ2v) is 8.66. The van der Waals surface area contributed by atoms with Gasteiger partial charge in [-0.25, -0.2) is 0 Å². The predicted octanol–water partition coefficient (Wildman–Crippen LogP) is 1.79. The molecular formula is C23H27ClN2O6. The molecule has 9 heteroatoms. The van der Waals surface area contributed by atoms with E-state index in [1.165, 1.54) is 9.80 Å². The molecule has 5 atom stereocenters. The Morgan fingerprint density at radius 3 is 2.84 bits per heavy atom. The highest BCUT2D eigenvalue weighted by Crippen LogP contribution is 2.58. The highest BCUT2D eigenvalue weighted by Gasteiger charge is 2.75. The number of ether oxygens (including phenoxy) is 2. The SMILES string of the molecule is C=CCN(C(=O)C1N(CCO)C(=O)[C@@H]2[C@@H](C(=O)OCC)[C@H]3CCC12O3)c1ccccc1Cl. The Morgan fingerprint density at radius 2 is 2.19 bits per heavy atom. The van der Waals surface area contributed by atoms with Crippen LogP contribution in [-0.2, 0) is 23.9 Å². The maximum absolute atomic E-state index is 14.0. The van der Waals surface area contributed by atoms with Crippen molar-refractivity contribution in [2.24, 2.45) is 11.8 Å². The van der Waals surface area contributed by atoms with Crippen LogP contribution in [0.1, 0.15) is 19.8 Å². The van der Waals surface area contributed by atoms with Crippen LogP contribution in [0.3, 0.4) is 0 Å². The second-order valence-electron chi connectivity index (χ2n) is 8.25. The molecule has 0 aliphatic carbocycles. The number of halogens is 1. The zero-order chi connectivity index (χ0) is 23.0. The first-order chi connectivity index (χ1) is 15.4. The Labute approximate surface area is 191 Å². The monoisotopic (exact) mass is 462 g/mol. The molecule has 0 saturated carbocycles. The minimum absolute atomic E-state index is 0.0402. The molecule has 2 amide bonds. The molecule has 4 rings (SSSR count). The minimum Gasteiger partial charge on any atom is -0.466 e. The zero-order valence-corrected chi connectivity index (χ0v) is 18.7. The zero-order valence-electron chi connectivity index (χ0n) is 17.9. The van der Waals surface area contributed by atoms with Crippen molar-refractivity contribution in [3.63, 3.8) is 0 Å². The Morgan fingerprint density at radius 1 is 1.44 bits per heavy atom. The summed E-state index contributed by atoms with van der Waals surface area (Å²) in [5, 5.41) is 10.0. The minimum atomic E-state index is -1.15. The number of aliphatic hydroxyl groups is 1. The second kappa shape index (κ2) is 8.84. The number of hydrogen-bond donors (Lipinski definition) is 1. The summed E-state index contributed by atoms with van der Waals surface area (Å²) in [6.45, 7) is 5.47. The number of fused-ring (bicyclic) bond motifs is 1. The Kier molecular flexibility index (Phi) is 6.29. The van der Waals surface area contributed by atoms with Gasteiger partial charge < -0.3 is 24.4 Å². The van der Waals surface area contributed by atoms with Crippen LogP contribution in [0.25, 0.3) is 0 Å². The highest BCUT2D eigenvalue weighted by molar-refractivity contribution is 6.34. The number of aliphatic hydroxyl groups excluding tert-OH is 1. The number of hydrogen-bond acceptors (Lipinski definition) is 6. The van der Waals surface area contributed by atoms with Crippen LogP contribution >= 0.6 is 11.6 Å².